The van der Waals surface area contributed by atoms with Gasteiger partial charge in [0, 0.05) is 16.5 Å². The Labute approximate surface area is 279 Å². The number of hydrogen-bond donors (Lipinski definition) is 2. The summed E-state index contributed by atoms with van der Waals surface area (Å²) in [6, 6.07) is 3.25. The smallest absolute Gasteiger partial charge is 0.306 e. The molecule has 244 valence electrons. The van der Waals surface area contributed by atoms with Crippen LogP contribution in [-0.2, 0) is 20.9 Å². The average Bonchev–Trinajstić information content (AvgIpc) is 2.96. The average molecular weight is 720 g/mol. The normalized spacial score (nSPS) is 12.6. The number of allylic oxidation sites excluding steroid dienone is 10. The number of phenols is 1. The van der Waals surface area contributed by atoms with Crippen LogP contribution < -0.4 is 10.1 Å². The lowest BCUT2D eigenvalue weighted by Gasteiger charge is -2.11. The van der Waals surface area contributed by atoms with Crippen LogP contribution in [0.5, 0.6) is 11.5 Å². The van der Waals surface area contributed by atoms with Crippen molar-refractivity contribution in [3.05, 3.63) is 79.5 Å². The molecule has 0 atom stereocenters. The van der Waals surface area contributed by atoms with Crippen molar-refractivity contribution in [3.8, 4) is 11.5 Å². The fourth-order valence-corrected chi connectivity index (χ4v) is 5.04. The highest BCUT2D eigenvalue weighted by Crippen LogP contribution is 2.30. The molecule has 7 heteroatoms. The van der Waals surface area contributed by atoms with Crippen molar-refractivity contribution < 1.29 is 24.2 Å². The van der Waals surface area contributed by atoms with Crippen molar-refractivity contribution in [3.63, 3.8) is 0 Å². The number of methoxy groups -OCH3 is 1. The van der Waals surface area contributed by atoms with Gasteiger partial charge in [0.25, 0.3) is 5.91 Å². The molecule has 0 radical (unpaired) electrons. The summed E-state index contributed by atoms with van der Waals surface area (Å²) in [5, 5.41) is 12.6. The molecule has 0 aliphatic heterocycles. The number of esters is 1. The second-order valence-corrected chi connectivity index (χ2v) is 12.9. The van der Waals surface area contributed by atoms with Gasteiger partial charge in [0.1, 0.15) is 0 Å². The lowest BCUT2D eigenvalue weighted by Crippen LogP contribution is -2.28. The maximum atomic E-state index is 12.1. The number of unbranched alkanes of at least 4 members (excludes halogenated alkanes) is 1. The number of aromatic hydroxyl groups is 1. The fraction of sp³-hybridized carbons (Fsp3) is 0.514. The number of nitrogens with one attached hydrogen (secondary N) is 1. The molecule has 6 nitrogen and oxygen atoms in total. The Bertz CT molecular complexity index is 1220. The van der Waals surface area contributed by atoms with Gasteiger partial charge in [-0.05, 0) is 140 Å². The molecular formula is C37H54INO5. The van der Waals surface area contributed by atoms with Crippen molar-refractivity contribution in [2.75, 3.05) is 13.7 Å². The van der Waals surface area contributed by atoms with Crippen LogP contribution in [0.2, 0.25) is 0 Å². The zero-order chi connectivity index (χ0) is 32.9. The number of halogens is 1. The van der Waals surface area contributed by atoms with Gasteiger partial charge >= 0.3 is 5.97 Å². The van der Waals surface area contributed by atoms with Crippen molar-refractivity contribution >= 4 is 34.5 Å². The molecule has 0 aliphatic rings. The SMILES string of the molecule is COc1cc(CNC(=O)COC(=O)CC/C(C)=C/CC/C(C)=C/CC/C=C(\C)CC/C=C(/C)CCC=C(C)C)c(I)cc1O. The van der Waals surface area contributed by atoms with E-state index in [0.717, 1.165) is 66.1 Å². The summed E-state index contributed by atoms with van der Waals surface area (Å²) in [4.78, 5) is 24.3. The maximum Gasteiger partial charge on any atom is 0.306 e. The van der Waals surface area contributed by atoms with Crippen LogP contribution in [0.3, 0.4) is 0 Å². The van der Waals surface area contributed by atoms with Crippen LogP contribution in [0.25, 0.3) is 0 Å². The van der Waals surface area contributed by atoms with E-state index in [9.17, 15) is 14.7 Å². The lowest BCUT2D eigenvalue weighted by molar-refractivity contribution is -0.148. The molecule has 2 N–H and O–H groups in total. The molecule has 1 aromatic carbocycles. The highest BCUT2D eigenvalue weighted by atomic mass is 127. The number of amides is 1. The Balaban J connectivity index is 2.25. The zero-order valence-electron chi connectivity index (χ0n) is 28.0. The molecule has 0 heterocycles. The minimum atomic E-state index is -0.390. The highest BCUT2D eigenvalue weighted by Gasteiger charge is 2.11. The van der Waals surface area contributed by atoms with Crippen LogP contribution in [0.15, 0.2) is 70.4 Å². The van der Waals surface area contributed by atoms with Gasteiger partial charge in [0.2, 0.25) is 0 Å². The number of ether oxygens (including phenoxy) is 2. The molecule has 0 saturated heterocycles. The topological polar surface area (TPSA) is 84.9 Å². The van der Waals surface area contributed by atoms with Crippen LogP contribution in [0.4, 0.5) is 0 Å². The number of hydrogen-bond acceptors (Lipinski definition) is 5. The number of carbonyl (C=O) groups excluding carboxylic acids is 2. The molecule has 0 spiro atoms. The third kappa shape index (κ3) is 18.8. The number of phenolic OH excluding ortho intramolecular Hbond substituents is 1. The summed E-state index contributed by atoms with van der Waals surface area (Å²) in [5.41, 5.74) is 7.68. The van der Waals surface area contributed by atoms with Gasteiger partial charge in [-0.15, -0.1) is 0 Å². The van der Waals surface area contributed by atoms with E-state index in [1.165, 1.54) is 29.4 Å². The molecule has 0 unspecified atom stereocenters. The number of rotatable bonds is 20. The quantitative estimate of drug-likeness (QED) is 0.0607. The van der Waals surface area contributed by atoms with Crippen molar-refractivity contribution in [2.24, 2.45) is 0 Å². The molecule has 0 saturated carbocycles. The van der Waals surface area contributed by atoms with Gasteiger partial charge < -0.3 is 19.9 Å². The van der Waals surface area contributed by atoms with Gasteiger partial charge in [0.05, 0.1) is 7.11 Å². The van der Waals surface area contributed by atoms with E-state index in [1.807, 2.05) is 6.92 Å². The zero-order valence-corrected chi connectivity index (χ0v) is 30.1. The lowest BCUT2D eigenvalue weighted by atomic mass is 10.0. The predicted octanol–water partition coefficient (Wildman–Crippen LogP) is 9.82. The first-order valence-electron chi connectivity index (χ1n) is 15.6. The van der Waals surface area contributed by atoms with E-state index in [0.29, 0.717) is 12.2 Å². The summed E-state index contributed by atoms with van der Waals surface area (Å²) in [7, 11) is 1.47. The highest BCUT2D eigenvalue weighted by molar-refractivity contribution is 14.1. The Kier molecular flexibility index (Phi) is 20.2. The third-order valence-corrected chi connectivity index (χ3v) is 8.22. The summed E-state index contributed by atoms with van der Waals surface area (Å²) in [6.45, 7) is 12.9. The maximum absolute atomic E-state index is 12.1. The van der Waals surface area contributed by atoms with Crippen LogP contribution in [0, 0.1) is 3.57 Å². The molecule has 0 aromatic heterocycles. The monoisotopic (exact) mass is 719 g/mol. The van der Waals surface area contributed by atoms with E-state index in [2.05, 4.69) is 92.9 Å². The molecular weight excluding hydrogens is 665 g/mol. The van der Waals surface area contributed by atoms with Crippen molar-refractivity contribution in [1.82, 2.24) is 5.32 Å². The molecule has 0 aliphatic carbocycles. The van der Waals surface area contributed by atoms with E-state index >= 15 is 0 Å². The Hall–Kier alpha value is -2.81. The van der Waals surface area contributed by atoms with Crippen LogP contribution in [-0.4, -0.2) is 30.7 Å². The van der Waals surface area contributed by atoms with E-state index in [4.69, 9.17) is 9.47 Å². The standard InChI is InChI=1S/C37H54INO5/c1-27(2)13-10-16-30(5)19-11-17-28(3)14-8-9-15-29(4)18-12-20-31(6)21-22-37(42)44-26-36(41)39-25-32-23-35(43-7)34(40)24-33(32)38/h13-15,19-20,23-24,40H,8-12,16-18,21-22,25-26H2,1-7H3,(H,39,41)/b28-14+,29-15+,30-19-,31-20+. The molecule has 0 bridgehead atoms. The Morgan fingerprint density at radius 2 is 1.25 bits per heavy atom. The fourth-order valence-electron chi connectivity index (χ4n) is 4.39. The minimum absolute atomic E-state index is 0.0431. The van der Waals surface area contributed by atoms with E-state index < -0.39 is 0 Å². The van der Waals surface area contributed by atoms with E-state index in [-0.39, 0.29) is 37.2 Å². The summed E-state index contributed by atoms with van der Waals surface area (Å²) in [5.74, 6) is -0.389. The summed E-state index contributed by atoms with van der Waals surface area (Å²) >= 11 is 2.08. The first kappa shape index (κ1) is 39.2. The van der Waals surface area contributed by atoms with Crippen molar-refractivity contribution in [2.45, 2.75) is 112 Å². The molecule has 1 rings (SSSR count). The van der Waals surface area contributed by atoms with Crippen LogP contribution in [0.1, 0.15) is 111 Å². The summed E-state index contributed by atoms with van der Waals surface area (Å²) in [6.07, 6.45) is 21.1. The first-order valence-corrected chi connectivity index (χ1v) is 16.7. The second kappa shape index (κ2) is 22.7. The van der Waals surface area contributed by atoms with Gasteiger partial charge in [-0.25, -0.2) is 0 Å². The number of benzene rings is 1. The van der Waals surface area contributed by atoms with Gasteiger partial charge in [-0.1, -0.05) is 58.2 Å². The summed E-state index contributed by atoms with van der Waals surface area (Å²) < 4.78 is 11.1. The predicted molar refractivity (Wildman–Crippen MR) is 191 cm³/mol. The third-order valence-electron chi connectivity index (χ3n) is 7.22. The first-order chi connectivity index (χ1) is 20.9. The largest absolute Gasteiger partial charge is 0.504 e. The van der Waals surface area contributed by atoms with Gasteiger partial charge in [0.15, 0.2) is 18.1 Å². The van der Waals surface area contributed by atoms with E-state index in [1.54, 1.807) is 12.1 Å². The number of carbonyl (C=O) groups is 2. The van der Waals surface area contributed by atoms with Gasteiger partial charge in [-0.3, -0.25) is 9.59 Å². The molecule has 0 fully saturated rings. The molecule has 1 amide bonds. The second-order valence-electron chi connectivity index (χ2n) is 11.7. The molecule has 44 heavy (non-hydrogen) atoms. The molecule has 1 aromatic rings. The minimum Gasteiger partial charge on any atom is -0.504 e. The van der Waals surface area contributed by atoms with Crippen molar-refractivity contribution in [1.29, 1.82) is 0 Å². The van der Waals surface area contributed by atoms with Crippen LogP contribution >= 0.6 is 22.6 Å². The Morgan fingerprint density at radius 3 is 1.77 bits per heavy atom. The van der Waals surface area contributed by atoms with Gasteiger partial charge in [-0.2, -0.15) is 0 Å². The Morgan fingerprint density at radius 1 is 0.750 bits per heavy atom.